The minimum Gasteiger partial charge on any atom is -0.479 e. The SMILES string of the molecule is Cc1cc(N2CCCS2(=O)=O)ccc1C(=O)NCC(C)(O)C(=O)O. The number of anilines is 1. The quantitative estimate of drug-likeness (QED) is 0.687. The van der Waals surface area contributed by atoms with E-state index in [1.54, 1.807) is 19.1 Å². The molecular formula is C15H20N2O6S. The molecule has 8 nitrogen and oxygen atoms in total. The first-order valence-corrected chi connectivity index (χ1v) is 9.00. The molecule has 24 heavy (non-hydrogen) atoms. The number of benzene rings is 1. The molecule has 1 aromatic carbocycles. The Balaban J connectivity index is 2.15. The van der Waals surface area contributed by atoms with Crippen LogP contribution in [-0.4, -0.2) is 55.0 Å². The number of carbonyl (C=O) groups excluding carboxylic acids is 1. The molecule has 1 unspecified atom stereocenters. The van der Waals surface area contributed by atoms with Crippen molar-refractivity contribution in [3.8, 4) is 0 Å². The third-order valence-corrected chi connectivity index (χ3v) is 5.77. The van der Waals surface area contributed by atoms with E-state index in [4.69, 9.17) is 5.11 Å². The maximum absolute atomic E-state index is 12.1. The van der Waals surface area contributed by atoms with Gasteiger partial charge in [-0.3, -0.25) is 9.10 Å². The molecule has 3 N–H and O–H groups in total. The number of hydrogen-bond donors (Lipinski definition) is 3. The van der Waals surface area contributed by atoms with Crippen molar-refractivity contribution in [2.45, 2.75) is 25.9 Å². The van der Waals surface area contributed by atoms with E-state index in [-0.39, 0.29) is 11.3 Å². The fraction of sp³-hybridized carbons (Fsp3) is 0.467. The van der Waals surface area contributed by atoms with Crippen molar-refractivity contribution in [2.24, 2.45) is 0 Å². The summed E-state index contributed by atoms with van der Waals surface area (Å²) < 4.78 is 25.2. The van der Waals surface area contributed by atoms with Crippen LogP contribution in [0.5, 0.6) is 0 Å². The molecule has 1 atom stereocenters. The second-order valence-corrected chi connectivity index (χ2v) is 8.02. The number of amides is 1. The zero-order chi connectivity index (χ0) is 18.1. The second-order valence-electron chi connectivity index (χ2n) is 6.00. The van der Waals surface area contributed by atoms with Crippen LogP contribution >= 0.6 is 0 Å². The second kappa shape index (κ2) is 6.40. The topological polar surface area (TPSA) is 124 Å². The average Bonchev–Trinajstić information content (AvgIpc) is 2.84. The molecule has 0 spiro atoms. The van der Waals surface area contributed by atoms with Crippen molar-refractivity contribution in [3.05, 3.63) is 29.3 Å². The smallest absolute Gasteiger partial charge is 0.337 e. The highest BCUT2D eigenvalue weighted by Crippen LogP contribution is 2.26. The molecule has 0 radical (unpaired) electrons. The lowest BCUT2D eigenvalue weighted by Crippen LogP contribution is -2.46. The van der Waals surface area contributed by atoms with E-state index < -0.39 is 34.0 Å². The highest BCUT2D eigenvalue weighted by atomic mass is 32.2. The molecule has 1 aliphatic rings. The van der Waals surface area contributed by atoms with Crippen molar-refractivity contribution in [3.63, 3.8) is 0 Å². The number of aliphatic carboxylic acids is 1. The van der Waals surface area contributed by atoms with Crippen molar-refractivity contribution >= 4 is 27.6 Å². The Labute approximate surface area is 140 Å². The van der Waals surface area contributed by atoms with Gasteiger partial charge in [-0.2, -0.15) is 0 Å². The van der Waals surface area contributed by atoms with Gasteiger partial charge in [0, 0.05) is 12.1 Å². The predicted molar refractivity (Wildman–Crippen MR) is 87.5 cm³/mol. The number of nitrogens with one attached hydrogen (secondary N) is 1. The summed E-state index contributed by atoms with van der Waals surface area (Å²) in [5.41, 5.74) is -0.717. The van der Waals surface area contributed by atoms with Crippen LogP contribution in [0.3, 0.4) is 0 Å². The number of aryl methyl sites for hydroxylation is 1. The molecular weight excluding hydrogens is 336 g/mol. The van der Waals surface area contributed by atoms with E-state index in [2.05, 4.69) is 5.32 Å². The summed E-state index contributed by atoms with van der Waals surface area (Å²) in [6.07, 6.45) is 0.563. The highest BCUT2D eigenvalue weighted by molar-refractivity contribution is 7.93. The molecule has 1 fully saturated rings. The number of aliphatic hydroxyl groups is 1. The molecule has 1 amide bonds. The molecule has 2 rings (SSSR count). The fourth-order valence-corrected chi connectivity index (χ4v) is 3.97. The van der Waals surface area contributed by atoms with E-state index in [0.717, 1.165) is 6.92 Å². The lowest BCUT2D eigenvalue weighted by molar-refractivity contribution is -0.155. The minimum atomic E-state index is -3.29. The Morgan fingerprint density at radius 3 is 2.54 bits per heavy atom. The van der Waals surface area contributed by atoms with Crippen LogP contribution in [0.15, 0.2) is 18.2 Å². The van der Waals surface area contributed by atoms with Gasteiger partial charge in [0.15, 0.2) is 5.60 Å². The lowest BCUT2D eigenvalue weighted by atomic mass is 10.1. The predicted octanol–water partition coefficient (Wildman–Crippen LogP) is 0.100. The van der Waals surface area contributed by atoms with Gasteiger partial charge in [0.2, 0.25) is 10.0 Å². The highest BCUT2D eigenvalue weighted by Gasteiger charge is 2.31. The fourth-order valence-electron chi connectivity index (χ4n) is 2.41. The van der Waals surface area contributed by atoms with Crippen LogP contribution in [0.4, 0.5) is 5.69 Å². The van der Waals surface area contributed by atoms with Crippen LogP contribution in [-0.2, 0) is 14.8 Å². The van der Waals surface area contributed by atoms with Crippen LogP contribution in [0.1, 0.15) is 29.3 Å². The van der Waals surface area contributed by atoms with Gasteiger partial charge >= 0.3 is 5.97 Å². The van der Waals surface area contributed by atoms with E-state index in [1.807, 2.05) is 0 Å². The van der Waals surface area contributed by atoms with Crippen LogP contribution in [0.25, 0.3) is 0 Å². The molecule has 9 heteroatoms. The number of nitrogens with zero attached hydrogens (tertiary/aromatic N) is 1. The Bertz CT molecular complexity index is 772. The standard InChI is InChI=1S/C15H20N2O6S/c1-10-8-11(17-6-3-7-24(17,22)23)4-5-12(10)13(18)16-9-15(2,21)14(19)20/h4-5,8,21H,3,6-7,9H2,1-2H3,(H,16,18)(H,19,20). The summed E-state index contributed by atoms with van der Waals surface area (Å²) >= 11 is 0. The number of carboxylic acid groups (broad SMARTS) is 1. The number of hydrogen-bond acceptors (Lipinski definition) is 5. The maximum Gasteiger partial charge on any atom is 0.337 e. The molecule has 0 aliphatic carbocycles. The first-order chi connectivity index (χ1) is 11.0. The van der Waals surface area contributed by atoms with Crippen LogP contribution in [0, 0.1) is 6.92 Å². The van der Waals surface area contributed by atoms with E-state index in [9.17, 15) is 23.1 Å². The van der Waals surface area contributed by atoms with Crippen molar-refractivity contribution in [1.29, 1.82) is 0 Å². The molecule has 0 saturated carbocycles. The summed E-state index contributed by atoms with van der Waals surface area (Å²) in [6.45, 7) is 2.72. The molecule has 0 bridgehead atoms. The van der Waals surface area contributed by atoms with Gasteiger partial charge in [-0.25, -0.2) is 13.2 Å². The van der Waals surface area contributed by atoms with Crippen LogP contribution in [0.2, 0.25) is 0 Å². The Morgan fingerprint density at radius 1 is 1.38 bits per heavy atom. The molecule has 1 aromatic rings. The van der Waals surface area contributed by atoms with Gasteiger partial charge in [-0.15, -0.1) is 0 Å². The molecule has 132 valence electrons. The summed E-state index contributed by atoms with van der Waals surface area (Å²) in [6, 6.07) is 4.64. The van der Waals surface area contributed by atoms with Gasteiger partial charge < -0.3 is 15.5 Å². The number of carbonyl (C=O) groups is 2. The average molecular weight is 356 g/mol. The van der Waals surface area contributed by atoms with Gasteiger partial charge in [-0.05, 0) is 44.0 Å². The molecule has 1 heterocycles. The number of rotatable bonds is 5. The Hall–Kier alpha value is -2.13. The van der Waals surface area contributed by atoms with Gasteiger partial charge in [0.1, 0.15) is 0 Å². The van der Waals surface area contributed by atoms with Crippen molar-refractivity contribution < 1.29 is 28.2 Å². The first kappa shape index (κ1) is 18.2. The maximum atomic E-state index is 12.1. The van der Waals surface area contributed by atoms with Crippen molar-refractivity contribution in [2.75, 3.05) is 23.1 Å². The van der Waals surface area contributed by atoms with E-state index in [0.29, 0.717) is 24.2 Å². The van der Waals surface area contributed by atoms with E-state index >= 15 is 0 Å². The van der Waals surface area contributed by atoms with Crippen molar-refractivity contribution in [1.82, 2.24) is 5.32 Å². The van der Waals surface area contributed by atoms with Gasteiger partial charge in [0.25, 0.3) is 5.91 Å². The zero-order valence-corrected chi connectivity index (χ0v) is 14.3. The summed E-state index contributed by atoms with van der Waals surface area (Å²) in [5, 5.41) is 20.8. The normalized spacial score (nSPS) is 18.9. The van der Waals surface area contributed by atoms with Gasteiger partial charge in [0.05, 0.1) is 18.0 Å². The third kappa shape index (κ3) is 3.68. The summed E-state index contributed by atoms with van der Waals surface area (Å²) in [7, 11) is -3.29. The Morgan fingerprint density at radius 2 is 2.04 bits per heavy atom. The lowest BCUT2D eigenvalue weighted by Gasteiger charge is -2.20. The minimum absolute atomic E-state index is 0.110. The third-order valence-electron chi connectivity index (χ3n) is 3.90. The van der Waals surface area contributed by atoms with E-state index in [1.165, 1.54) is 10.4 Å². The Kier molecular flexibility index (Phi) is 4.86. The van der Waals surface area contributed by atoms with Crippen LogP contribution < -0.4 is 9.62 Å². The molecule has 1 saturated heterocycles. The summed E-state index contributed by atoms with van der Waals surface area (Å²) in [4.78, 5) is 23.0. The number of carboxylic acids is 1. The number of sulfonamides is 1. The first-order valence-electron chi connectivity index (χ1n) is 7.40. The monoisotopic (exact) mass is 356 g/mol. The zero-order valence-electron chi connectivity index (χ0n) is 13.4. The molecule has 1 aliphatic heterocycles. The molecule has 0 aromatic heterocycles. The largest absolute Gasteiger partial charge is 0.479 e. The summed E-state index contributed by atoms with van der Waals surface area (Å²) in [5.74, 6) is -1.86. The van der Waals surface area contributed by atoms with Gasteiger partial charge in [-0.1, -0.05) is 0 Å².